The van der Waals surface area contributed by atoms with Crippen LogP contribution in [0.3, 0.4) is 0 Å². The molecule has 0 radical (unpaired) electrons. The Bertz CT molecular complexity index is 1650. The average molecular weight is 558 g/mol. The maximum atomic E-state index is 13.0. The molecule has 1 fully saturated rings. The molecular weight excluding hydrogens is 530 g/mol. The molecule has 1 amide bonds. The lowest BCUT2D eigenvalue weighted by Crippen LogP contribution is -2.33. The molecule has 4 aromatic heterocycles. The van der Waals surface area contributed by atoms with Crippen LogP contribution >= 0.6 is 11.6 Å². The maximum absolute atomic E-state index is 13.0. The van der Waals surface area contributed by atoms with Crippen LogP contribution in [0.2, 0.25) is 5.02 Å². The molecule has 5 aromatic rings. The number of benzene rings is 1. The zero-order chi connectivity index (χ0) is 27.6. The fraction of sp³-hybridized carbons (Fsp3) is 0.250. The van der Waals surface area contributed by atoms with Crippen LogP contribution in [0.25, 0.3) is 22.2 Å². The number of H-pyrrole nitrogens is 1. The molecular formula is C28H28ClN9O2. The van der Waals surface area contributed by atoms with Crippen molar-refractivity contribution in [1.29, 1.82) is 0 Å². The van der Waals surface area contributed by atoms with E-state index < -0.39 is 0 Å². The number of nitrogens with zero attached hydrogens (tertiary/aromatic N) is 6. The summed E-state index contributed by atoms with van der Waals surface area (Å²) >= 11 is 6.53. The fourth-order valence-corrected chi connectivity index (χ4v) is 5.04. The number of hydrogen-bond acceptors (Lipinski definition) is 8. The highest BCUT2D eigenvalue weighted by Gasteiger charge is 2.26. The summed E-state index contributed by atoms with van der Waals surface area (Å²) in [6.45, 7) is 3.73. The minimum Gasteiger partial charge on any atom is -0.489 e. The van der Waals surface area contributed by atoms with Gasteiger partial charge >= 0.3 is 0 Å². The van der Waals surface area contributed by atoms with Gasteiger partial charge in [0.1, 0.15) is 11.9 Å². The Hall–Kier alpha value is -4.48. The normalized spacial score (nSPS) is 15.4. The van der Waals surface area contributed by atoms with E-state index >= 15 is 0 Å². The van der Waals surface area contributed by atoms with E-state index in [-0.39, 0.29) is 18.6 Å². The Labute approximate surface area is 235 Å². The molecule has 11 nitrogen and oxygen atoms in total. The quantitative estimate of drug-likeness (QED) is 0.254. The minimum absolute atomic E-state index is 0.0447. The van der Waals surface area contributed by atoms with Crippen molar-refractivity contribution >= 4 is 45.9 Å². The Morgan fingerprint density at radius 3 is 2.90 bits per heavy atom. The third-order valence-corrected chi connectivity index (χ3v) is 7.17. The predicted octanol–water partition coefficient (Wildman–Crippen LogP) is 4.55. The molecule has 5 heterocycles. The number of rotatable bonds is 8. The number of ether oxygens (including phenoxy) is 1. The standard InChI is InChI=1S/C28H28ClN9O2/c1-17-12-24(36-37(17)2)34-28-32-14-22(29)26(35-28)21-13-31-27-20(21)4-3-5-23(27)33-25(39)16-38-11-8-19(15-38)40-18-6-9-30-10-7-18/h3-7,9-10,12-14,19,31H,8,11,15-16H2,1-2H3,(H,33,39)(H,32,34,35,36)/t19-/m0/s1. The predicted molar refractivity (Wildman–Crippen MR) is 154 cm³/mol. The Kier molecular flexibility index (Phi) is 7.06. The van der Waals surface area contributed by atoms with Gasteiger partial charge in [0.25, 0.3) is 0 Å². The highest BCUT2D eigenvalue weighted by Crippen LogP contribution is 2.35. The van der Waals surface area contributed by atoms with E-state index in [9.17, 15) is 4.79 Å². The first-order chi connectivity index (χ1) is 19.4. The second kappa shape index (κ2) is 10.9. The zero-order valence-electron chi connectivity index (χ0n) is 22.1. The summed E-state index contributed by atoms with van der Waals surface area (Å²) in [4.78, 5) is 31.4. The van der Waals surface area contributed by atoms with Crippen LogP contribution in [-0.2, 0) is 11.8 Å². The Balaban J connectivity index is 1.15. The lowest BCUT2D eigenvalue weighted by Gasteiger charge is -2.17. The van der Waals surface area contributed by atoms with E-state index in [1.807, 2.05) is 56.6 Å². The molecule has 0 bridgehead atoms. The SMILES string of the molecule is Cc1cc(Nc2ncc(Cl)c(-c3c[nH]c4c(NC(=O)CN5CC[C@H](Oc6ccncc6)C5)cccc34)n2)nn1C. The number of hydrogen-bond donors (Lipinski definition) is 3. The van der Waals surface area contributed by atoms with Crippen molar-refractivity contribution in [3.8, 4) is 17.0 Å². The summed E-state index contributed by atoms with van der Waals surface area (Å²) < 4.78 is 7.79. The third-order valence-electron chi connectivity index (χ3n) is 6.89. The van der Waals surface area contributed by atoms with E-state index in [1.54, 1.807) is 23.3 Å². The van der Waals surface area contributed by atoms with Gasteiger partial charge in [-0.1, -0.05) is 23.7 Å². The number of halogens is 1. The smallest absolute Gasteiger partial charge is 0.238 e. The Morgan fingerprint density at radius 1 is 1.25 bits per heavy atom. The van der Waals surface area contributed by atoms with E-state index in [0.717, 1.165) is 40.9 Å². The van der Waals surface area contributed by atoms with Gasteiger partial charge in [-0.25, -0.2) is 9.97 Å². The van der Waals surface area contributed by atoms with Crippen molar-refractivity contribution in [2.45, 2.75) is 19.4 Å². The number of nitrogens with one attached hydrogen (secondary N) is 3. The van der Waals surface area contributed by atoms with Crippen LogP contribution in [0, 0.1) is 6.92 Å². The fourth-order valence-electron chi connectivity index (χ4n) is 4.85. The van der Waals surface area contributed by atoms with Crippen LogP contribution in [-0.4, -0.2) is 66.3 Å². The lowest BCUT2D eigenvalue weighted by molar-refractivity contribution is -0.117. The van der Waals surface area contributed by atoms with E-state index in [0.29, 0.717) is 34.7 Å². The molecule has 1 aliphatic heterocycles. The number of aromatic amines is 1. The summed E-state index contributed by atoms with van der Waals surface area (Å²) in [7, 11) is 1.87. The van der Waals surface area contributed by atoms with Gasteiger partial charge in [0.15, 0.2) is 5.82 Å². The van der Waals surface area contributed by atoms with Gasteiger partial charge in [0.2, 0.25) is 11.9 Å². The first-order valence-electron chi connectivity index (χ1n) is 12.9. The first-order valence-corrected chi connectivity index (χ1v) is 13.3. The largest absolute Gasteiger partial charge is 0.489 e. The van der Waals surface area contributed by atoms with Gasteiger partial charge in [0.05, 0.1) is 34.7 Å². The highest BCUT2D eigenvalue weighted by molar-refractivity contribution is 6.33. The molecule has 204 valence electrons. The van der Waals surface area contributed by atoms with Crippen LogP contribution in [0.4, 0.5) is 17.5 Å². The monoisotopic (exact) mass is 557 g/mol. The number of amides is 1. The van der Waals surface area contributed by atoms with Gasteiger partial charge in [-0.05, 0) is 31.5 Å². The maximum Gasteiger partial charge on any atom is 0.238 e. The highest BCUT2D eigenvalue weighted by atomic mass is 35.5. The molecule has 12 heteroatoms. The number of aryl methyl sites for hydroxylation is 2. The number of aromatic nitrogens is 6. The molecule has 1 saturated heterocycles. The topological polar surface area (TPSA) is 126 Å². The summed E-state index contributed by atoms with van der Waals surface area (Å²) in [6.07, 6.45) is 7.73. The number of carbonyl (C=O) groups is 1. The van der Waals surface area contributed by atoms with Crippen molar-refractivity contribution in [2.75, 3.05) is 30.3 Å². The molecule has 1 aliphatic rings. The molecule has 0 unspecified atom stereocenters. The van der Waals surface area contributed by atoms with Crippen LogP contribution in [0.1, 0.15) is 12.1 Å². The first kappa shape index (κ1) is 25.8. The van der Waals surface area contributed by atoms with Gasteiger partial charge in [-0.3, -0.25) is 19.4 Å². The number of para-hydroxylation sites is 1. The number of carbonyl (C=O) groups excluding carboxylic acids is 1. The van der Waals surface area contributed by atoms with E-state index in [4.69, 9.17) is 16.3 Å². The molecule has 1 aromatic carbocycles. The molecule has 0 saturated carbocycles. The second-order valence-corrected chi connectivity index (χ2v) is 10.1. The molecule has 1 atom stereocenters. The molecule has 3 N–H and O–H groups in total. The molecule has 0 aliphatic carbocycles. The van der Waals surface area contributed by atoms with Crippen molar-refractivity contribution < 1.29 is 9.53 Å². The molecule has 40 heavy (non-hydrogen) atoms. The summed E-state index contributed by atoms with van der Waals surface area (Å²) in [5, 5.41) is 11.9. The van der Waals surface area contributed by atoms with Crippen molar-refractivity contribution in [3.63, 3.8) is 0 Å². The third kappa shape index (κ3) is 5.47. The number of pyridine rings is 1. The lowest BCUT2D eigenvalue weighted by atomic mass is 10.1. The zero-order valence-corrected chi connectivity index (χ0v) is 22.8. The molecule has 0 spiro atoms. The van der Waals surface area contributed by atoms with E-state index in [2.05, 4.69) is 40.6 Å². The summed E-state index contributed by atoms with van der Waals surface area (Å²) in [5.41, 5.74) is 3.85. The summed E-state index contributed by atoms with van der Waals surface area (Å²) in [6, 6.07) is 11.3. The minimum atomic E-state index is -0.0922. The van der Waals surface area contributed by atoms with Crippen LogP contribution in [0.5, 0.6) is 5.75 Å². The number of fused-ring (bicyclic) bond motifs is 1. The van der Waals surface area contributed by atoms with Gasteiger partial charge in [-0.2, -0.15) is 5.10 Å². The van der Waals surface area contributed by atoms with Gasteiger partial charge < -0.3 is 20.4 Å². The number of anilines is 3. The van der Waals surface area contributed by atoms with Crippen LogP contribution < -0.4 is 15.4 Å². The average Bonchev–Trinajstić information content (AvgIpc) is 3.65. The van der Waals surface area contributed by atoms with Gasteiger partial charge in [0, 0.05) is 61.4 Å². The summed E-state index contributed by atoms with van der Waals surface area (Å²) in [5.74, 6) is 1.73. The number of likely N-dealkylation sites (tertiary alicyclic amines) is 1. The van der Waals surface area contributed by atoms with E-state index in [1.165, 1.54) is 0 Å². The van der Waals surface area contributed by atoms with Crippen molar-refractivity contribution in [2.24, 2.45) is 7.05 Å². The Morgan fingerprint density at radius 2 is 2.10 bits per heavy atom. The van der Waals surface area contributed by atoms with Crippen LogP contribution in [0.15, 0.2) is 61.2 Å². The van der Waals surface area contributed by atoms with Crippen molar-refractivity contribution in [3.05, 3.63) is 71.9 Å². The van der Waals surface area contributed by atoms with Gasteiger partial charge in [-0.15, -0.1) is 0 Å². The molecule has 6 rings (SSSR count). The van der Waals surface area contributed by atoms with Crippen molar-refractivity contribution in [1.82, 2.24) is 34.6 Å². The second-order valence-electron chi connectivity index (χ2n) is 9.73.